The molecule has 0 saturated carbocycles. The summed E-state index contributed by atoms with van der Waals surface area (Å²) in [7, 11) is 0. The number of anilines is 4. The number of carbonyl (C=O) groups is 1. The van der Waals surface area contributed by atoms with Crippen molar-refractivity contribution in [2.75, 3.05) is 48.3 Å². The van der Waals surface area contributed by atoms with E-state index in [0.29, 0.717) is 23.1 Å². The Kier molecular flexibility index (Phi) is 6.63. The molecule has 10 nitrogen and oxygen atoms in total. The van der Waals surface area contributed by atoms with Crippen LogP contribution >= 0.6 is 0 Å². The summed E-state index contributed by atoms with van der Waals surface area (Å²) in [5.41, 5.74) is 2.70. The van der Waals surface area contributed by atoms with Gasteiger partial charge in [0.05, 0.1) is 11.9 Å². The van der Waals surface area contributed by atoms with E-state index in [1.54, 1.807) is 18.3 Å². The Hall–Kier alpha value is -4.25. The molecule has 1 amide bonds. The lowest BCUT2D eigenvalue weighted by molar-refractivity contribution is -0.105. The molecule has 186 valence electrons. The molecule has 0 aliphatic carbocycles. The molecule has 11 heteroatoms. The van der Waals surface area contributed by atoms with Crippen LogP contribution in [0.25, 0.3) is 10.9 Å². The molecule has 1 aromatic carbocycles. The number of aromatic nitrogens is 4. The summed E-state index contributed by atoms with van der Waals surface area (Å²) >= 11 is 0. The first-order valence-corrected chi connectivity index (χ1v) is 11.8. The van der Waals surface area contributed by atoms with E-state index in [2.05, 4.69) is 47.3 Å². The number of benzene rings is 1. The number of hydrogen-bond donors (Lipinski definition) is 3. The number of pyridine rings is 1. The average Bonchev–Trinajstić information content (AvgIpc) is 3.29. The van der Waals surface area contributed by atoms with Gasteiger partial charge in [-0.05, 0) is 43.8 Å². The van der Waals surface area contributed by atoms with Crippen LogP contribution in [-0.2, 0) is 4.79 Å². The summed E-state index contributed by atoms with van der Waals surface area (Å²) in [5, 5.41) is 6.05. The molecule has 36 heavy (non-hydrogen) atoms. The molecular formula is C25H27FN8O2. The number of rotatable bonds is 8. The number of fused-ring (bicyclic) bond motifs is 1. The number of piperazine rings is 1. The maximum atomic E-state index is 15.1. The number of carbonyl (C=O) groups excluding carboxylic acids is 1. The van der Waals surface area contributed by atoms with Crippen LogP contribution in [0.5, 0.6) is 11.6 Å². The zero-order valence-corrected chi connectivity index (χ0v) is 20.1. The Balaban J connectivity index is 1.36. The van der Waals surface area contributed by atoms with E-state index in [1.807, 2.05) is 19.1 Å². The number of halogens is 1. The number of ether oxygens (including phenoxy) is 1. The summed E-state index contributed by atoms with van der Waals surface area (Å²) < 4.78 is 20.8. The molecule has 0 unspecified atom stereocenters. The Labute approximate surface area is 207 Å². The fourth-order valence-corrected chi connectivity index (χ4v) is 4.29. The van der Waals surface area contributed by atoms with Crippen molar-refractivity contribution in [3.8, 4) is 11.6 Å². The first kappa shape index (κ1) is 23.5. The van der Waals surface area contributed by atoms with Crippen LogP contribution in [0.15, 0.2) is 42.9 Å². The monoisotopic (exact) mass is 490 g/mol. The highest BCUT2D eigenvalue weighted by Crippen LogP contribution is 2.36. The largest absolute Gasteiger partial charge is 0.434 e. The number of likely N-dealkylation sites (N-methyl/N-ethyl adjacent to an activating group) is 1. The highest BCUT2D eigenvalue weighted by molar-refractivity contribution is 5.85. The van der Waals surface area contributed by atoms with E-state index in [9.17, 15) is 4.79 Å². The topological polar surface area (TPSA) is 111 Å². The molecule has 1 saturated heterocycles. The van der Waals surface area contributed by atoms with Gasteiger partial charge in [-0.3, -0.25) is 4.79 Å². The van der Waals surface area contributed by atoms with Crippen molar-refractivity contribution in [2.24, 2.45) is 0 Å². The maximum absolute atomic E-state index is 15.1. The van der Waals surface area contributed by atoms with Crippen LogP contribution in [0.4, 0.5) is 27.4 Å². The number of H-pyrrole nitrogens is 1. The quantitative estimate of drug-likeness (QED) is 0.317. The van der Waals surface area contributed by atoms with Crippen LogP contribution < -0.4 is 20.3 Å². The summed E-state index contributed by atoms with van der Waals surface area (Å²) in [4.78, 5) is 32.0. The van der Waals surface area contributed by atoms with E-state index < -0.39 is 5.82 Å². The molecule has 0 atom stereocenters. The molecule has 0 bridgehead atoms. The minimum atomic E-state index is -0.529. The molecule has 3 aromatic heterocycles. The van der Waals surface area contributed by atoms with E-state index in [0.717, 1.165) is 44.1 Å². The minimum absolute atomic E-state index is 0.00415. The van der Waals surface area contributed by atoms with Crippen molar-refractivity contribution in [1.82, 2.24) is 24.8 Å². The lowest BCUT2D eigenvalue weighted by atomic mass is 10.2. The number of hydrogen-bond acceptors (Lipinski definition) is 8. The van der Waals surface area contributed by atoms with Crippen molar-refractivity contribution in [2.45, 2.75) is 13.8 Å². The van der Waals surface area contributed by atoms with Crippen LogP contribution in [0, 0.1) is 12.7 Å². The second kappa shape index (κ2) is 10.2. The predicted molar refractivity (Wildman–Crippen MR) is 137 cm³/mol. The van der Waals surface area contributed by atoms with Crippen LogP contribution in [0.2, 0.25) is 0 Å². The maximum Gasteiger partial charge on any atom is 0.248 e. The van der Waals surface area contributed by atoms with Gasteiger partial charge in [-0.2, -0.15) is 4.98 Å². The molecule has 1 aliphatic heterocycles. The smallest absolute Gasteiger partial charge is 0.248 e. The van der Waals surface area contributed by atoms with Gasteiger partial charge in [-0.25, -0.2) is 14.4 Å². The molecule has 5 rings (SSSR count). The predicted octanol–water partition coefficient (Wildman–Crippen LogP) is 4.05. The SMILES string of the molecule is CCN1CCN(c2ccc(Nc3ncnc(Oc4ccc5[nH]c(C)cc5c4F)c3NC=O)nc2)CC1. The van der Waals surface area contributed by atoms with E-state index in [1.165, 1.54) is 12.4 Å². The van der Waals surface area contributed by atoms with Crippen LogP contribution in [0.1, 0.15) is 12.6 Å². The standard InChI is InChI=1S/C25H27FN8O2/c1-3-33-8-10-34(11-9-33)17-4-7-21(27-13-17)32-24-23(30-15-35)25(29-14-28-24)36-20-6-5-19-18(22(20)26)12-16(2)31-19/h4-7,12-15,31H,3,8-11H2,1-2H3,(H,30,35)(H,27,28,29,32). The third kappa shape index (κ3) is 4.78. The highest BCUT2D eigenvalue weighted by Gasteiger charge is 2.19. The average molecular weight is 491 g/mol. The number of aromatic amines is 1. The van der Waals surface area contributed by atoms with Gasteiger partial charge in [0, 0.05) is 42.8 Å². The normalized spacial score (nSPS) is 14.1. The highest BCUT2D eigenvalue weighted by atomic mass is 19.1. The second-order valence-corrected chi connectivity index (χ2v) is 8.51. The third-order valence-electron chi connectivity index (χ3n) is 6.24. The minimum Gasteiger partial charge on any atom is -0.434 e. The van der Waals surface area contributed by atoms with Gasteiger partial charge in [0.15, 0.2) is 17.4 Å². The molecule has 0 radical (unpaired) electrons. The Morgan fingerprint density at radius 3 is 2.69 bits per heavy atom. The Bertz CT molecular complexity index is 1370. The Morgan fingerprint density at radius 1 is 1.14 bits per heavy atom. The number of amides is 1. The molecule has 4 heterocycles. The van der Waals surface area contributed by atoms with Gasteiger partial charge in [-0.15, -0.1) is 0 Å². The van der Waals surface area contributed by atoms with Crippen molar-refractivity contribution >= 4 is 40.3 Å². The molecule has 1 fully saturated rings. The van der Waals surface area contributed by atoms with E-state index in [4.69, 9.17) is 4.74 Å². The van der Waals surface area contributed by atoms with Gasteiger partial charge in [0.2, 0.25) is 12.3 Å². The van der Waals surface area contributed by atoms with Gasteiger partial charge in [-0.1, -0.05) is 6.92 Å². The van der Waals surface area contributed by atoms with Crippen molar-refractivity contribution in [1.29, 1.82) is 0 Å². The number of nitrogens with one attached hydrogen (secondary N) is 3. The first-order chi connectivity index (χ1) is 17.6. The molecular weight excluding hydrogens is 463 g/mol. The third-order valence-corrected chi connectivity index (χ3v) is 6.24. The van der Waals surface area contributed by atoms with Gasteiger partial charge in [0.25, 0.3) is 0 Å². The Morgan fingerprint density at radius 2 is 1.97 bits per heavy atom. The van der Waals surface area contributed by atoms with Crippen molar-refractivity contribution in [3.63, 3.8) is 0 Å². The molecule has 0 spiro atoms. The van der Waals surface area contributed by atoms with Crippen LogP contribution in [0.3, 0.4) is 0 Å². The van der Waals surface area contributed by atoms with Gasteiger partial charge >= 0.3 is 0 Å². The fraction of sp³-hybridized carbons (Fsp3) is 0.280. The zero-order valence-electron chi connectivity index (χ0n) is 20.1. The van der Waals surface area contributed by atoms with Crippen molar-refractivity contribution < 1.29 is 13.9 Å². The zero-order chi connectivity index (χ0) is 25.1. The van der Waals surface area contributed by atoms with E-state index in [-0.39, 0.29) is 23.1 Å². The van der Waals surface area contributed by atoms with Crippen molar-refractivity contribution in [3.05, 3.63) is 54.4 Å². The van der Waals surface area contributed by atoms with Crippen LogP contribution in [-0.4, -0.2) is 64.0 Å². The fourth-order valence-electron chi connectivity index (χ4n) is 4.29. The first-order valence-electron chi connectivity index (χ1n) is 11.8. The van der Waals surface area contributed by atoms with Gasteiger partial charge in [0.1, 0.15) is 17.8 Å². The second-order valence-electron chi connectivity index (χ2n) is 8.51. The molecule has 1 aliphatic rings. The number of nitrogens with zero attached hydrogens (tertiary/aromatic N) is 5. The lowest BCUT2D eigenvalue weighted by Crippen LogP contribution is -2.46. The van der Waals surface area contributed by atoms with E-state index >= 15 is 4.39 Å². The molecule has 4 aromatic rings. The van der Waals surface area contributed by atoms with Gasteiger partial charge < -0.3 is 30.2 Å². The summed E-state index contributed by atoms with van der Waals surface area (Å²) in [6.07, 6.45) is 3.56. The summed E-state index contributed by atoms with van der Waals surface area (Å²) in [6.45, 7) is 9.04. The summed E-state index contributed by atoms with van der Waals surface area (Å²) in [6, 6.07) is 8.77. The summed E-state index contributed by atoms with van der Waals surface area (Å²) in [5.74, 6) is 0.239. The number of aryl methyl sites for hydroxylation is 1. The lowest BCUT2D eigenvalue weighted by Gasteiger charge is -2.35. The molecule has 3 N–H and O–H groups in total.